The van der Waals surface area contributed by atoms with Crippen LogP contribution in [-0.2, 0) is 0 Å². The normalized spacial score (nSPS) is 22.5. The zero-order chi connectivity index (χ0) is 9.10. The van der Waals surface area contributed by atoms with Crippen LogP contribution in [0.4, 0.5) is 0 Å². The van der Waals surface area contributed by atoms with Crippen LogP contribution < -0.4 is 5.32 Å². The number of nitrogens with one attached hydrogen (secondary N) is 1. The predicted octanol–water partition coefficient (Wildman–Crippen LogP) is 1.24. The molecule has 0 radical (unpaired) electrons. The van der Waals surface area contributed by atoms with Crippen molar-refractivity contribution >= 4 is 5.57 Å². The van der Waals surface area contributed by atoms with Gasteiger partial charge in [0.1, 0.15) is 6.33 Å². The molecular weight excluding hydrogens is 162 g/mol. The van der Waals surface area contributed by atoms with Crippen LogP contribution >= 0.6 is 0 Å². The molecular formula is C10H13N3. The minimum atomic E-state index is 0.551. The molecule has 1 atom stereocenters. The molecule has 1 aromatic heterocycles. The minimum absolute atomic E-state index is 0.551. The topological polar surface area (TPSA) is 37.8 Å². The number of hydrogen-bond acceptors (Lipinski definition) is 3. The molecule has 0 fully saturated rings. The van der Waals surface area contributed by atoms with Crippen molar-refractivity contribution in [3.63, 3.8) is 0 Å². The average Bonchev–Trinajstić information content (AvgIpc) is 2.19. The number of nitrogens with zero attached hydrogens (tertiary/aromatic N) is 2. The Kier molecular flexibility index (Phi) is 2.36. The van der Waals surface area contributed by atoms with Crippen LogP contribution in [0.25, 0.3) is 5.57 Å². The molecule has 3 nitrogen and oxygen atoms in total. The fourth-order valence-corrected chi connectivity index (χ4v) is 1.56. The van der Waals surface area contributed by atoms with E-state index in [0.717, 1.165) is 18.7 Å². The van der Waals surface area contributed by atoms with Crippen molar-refractivity contribution in [2.75, 3.05) is 6.54 Å². The van der Waals surface area contributed by atoms with Crippen molar-refractivity contribution in [2.24, 2.45) is 0 Å². The van der Waals surface area contributed by atoms with Crippen LogP contribution in [0.1, 0.15) is 19.0 Å². The van der Waals surface area contributed by atoms with Gasteiger partial charge in [-0.15, -0.1) is 0 Å². The number of aromatic nitrogens is 2. The lowest BCUT2D eigenvalue weighted by molar-refractivity contribution is 0.578. The first-order valence-electron chi connectivity index (χ1n) is 4.55. The first kappa shape index (κ1) is 8.38. The molecule has 0 bridgehead atoms. The molecule has 68 valence electrons. The van der Waals surface area contributed by atoms with E-state index in [1.165, 1.54) is 5.57 Å². The minimum Gasteiger partial charge on any atom is -0.310 e. The Morgan fingerprint density at radius 3 is 3.15 bits per heavy atom. The molecule has 0 aromatic carbocycles. The third-order valence-corrected chi connectivity index (χ3v) is 2.25. The van der Waals surface area contributed by atoms with Gasteiger partial charge in [-0.25, -0.2) is 9.97 Å². The number of rotatable bonds is 1. The summed E-state index contributed by atoms with van der Waals surface area (Å²) < 4.78 is 0. The Balaban J connectivity index is 2.22. The van der Waals surface area contributed by atoms with Crippen LogP contribution in [0.2, 0.25) is 0 Å². The number of hydrogen-bond donors (Lipinski definition) is 1. The maximum absolute atomic E-state index is 4.23. The van der Waals surface area contributed by atoms with Crippen LogP contribution in [-0.4, -0.2) is 22.6 Å². The summed E-state index contributed by atoms with van der Waals surface area (Å²) in [5.41, 5.74) is 2.39. The van der Waals surface area contributed by atoms with Crippen molar-refractivity contribution < 1.29 is 0 Å². The van der Waals surface area contributed by atoms with Crippen LogP contribution in [0, 0.1) is 0 Å². The van der Waals surface area contributed by atoms with E-state index in [1.54, 1.807) is 12.5 Å². The second-order valence-electron chi connectivity index (χ2n) is 3.34. The summed E-state index contributed by atoms with van der Waals surface area (Å²) in [4.78, 5) is 8.13. The Morgan fingerprint density at radius 1 is 1.54 bits per heavy atom. The molecule has 1 aliphatic rings. The zero-order valence-electron chi connectivity index (χ0n) is 7.70. The van der Waals surface area contributed by atoms with Crippen LogP contribution in [0.3, 0.4) is 0 Å². The predicted molar refractivity (Wildman–Crippen MR) is 52.1 cm³/mol. The quantitative estimate of drug-likeness (QED) is 0.698. The van der Waals surface area contributed by atoms with Gasteiger partial charge in [0.25, 0.3) is 0 Å². The lowest BCUT2D eigenvalue weighted by Crippen LogP contribution is -2.30. The summed E-state index contributed by atoms with van der Waals surface area (Å²) in [6, 6.07) is 2.51. The van der Waals surface area contributed by atoms with E-state index in [-0.39, 0.29) is 0 Å². The molecule has 1 N–H and O–H groups in total. The summed E-state index contributed by atoms with van der Waals surface area (Å²) >= 11 is 0. The molecule has 0 aliphatic carbocycles. The Morgan fingerprint density at radius 2 is 2.46 bits per heavy atom. The third kappa shape index (κ3) is 1.92. The first-order chi connectivity index (χ1) is 6.36. The SMILES string of the molecule is CC1CC(c2ccncn2)=CCN1. The van der Waals surface area contributed by atoms with E-state index < -0.39 is 0 Å². The van der Waals surface area contributed by atoms with Gasteiger partial charge in [0.15, 0.2) is 0 Å². The molecule has 1 aromatic rings. The van der Waals surface area contributed by atoms with E-state index in [1.807, 2.05) is 6.07 Å². The molecule has 3 heteroatoms. The molecule has 2 heterocycles. The van der Waals surface area contributed by atoms with Gasteiger partial charge < -0.3 is 5.32 Å². The standard InChI is InChI=1S/C10H13N3/c1-8-6-9(2-5-12-8)10-3-4-11-7-13-10/h2-4,7-8,12H,5-6H2,1H3. The highest BCUT2D eigenvalue weighted by molar-refractivity contribution is 5.63. The molecule has 2 rings (SSSR count). The highest BCUT2D eigenvalue weighted by Gasteiger charge is 2.11. The summed E-state index contributed by atoms with van der Waals surface area (Å²) in [6.45, 7) is 3.13. The van der Waals surface area contributed by atoms with Gasteiger partial charge >= 0.3 is 0 Å². The molecule has 0 amide bonds. The Bertz CT molecular complexity index is 305. The van der Waals surface area contributed by atoms with Gasteiger partial charge in [-0.2, -0.15) is 0 Å². The molecule has 13 heavy (non-hydrogen) atoms. The Hall–Kier alpha value is -1.22. The van der Waals surface area contributed by atoms with E-state index >= 15 is 0 Å². The van der Waals surface area contributed by atoms with Gasteiger partial charge in [0.05, 0.1) is 5.69 Å². The molecule has 1 aliphatic heterocycles. The van der Waals surface area contributed by atoms with E-state index in [9.17, 15) is 0 Å². The van der Waals surface area contributed by atoms with E-state index in [2.05, 4.69) is 28.3 Å². The molecule has 1 unspecified atom stereocenters. The highest BCUT2D eigenvalue weighted by Crippen LogP contribution is 2.19. The fourth-order valence-electron chi connectivity index (χ4n) is 1.56. The Labute approximate surface area is 77.9 Å². The second kappa shape index (κ2) is 3.66. The molecule has 0 saturated heterocycles. The lowest BCUT2D eigenvalue weighted by atomic mass is 10.0. The second-order valence-corrected chi connectivity index (χ2v) is 3.34. The molecule has 0 spiro atoms. The van der Waals surface area contributed by atoms with Gasteiger partial charge in [-0.1, -0.05) is 6.08 Å². The van der Waals surface area contributed by atoms with Crippen molar-refractivity contribution in [3.05, 3.63) is 30.4 Å². The van der Waals surface area contributed by atoms with Gasteiger partial charge in [-0.05, 0) is 25.0 Å². The van der Waals surface area contributed by atoms with Crippen LogP contribution in [0.15, 0.2) is 24.7 Å². The largest absolute Gasteiger partial charge is 0.310 e. The summed E-state index contributed by atoms with van der Waals surface area (Å²) in [5.74, 6) is 0. The monoisotopic (exact) mass is 175 g/mol. The maximum atomic E-state index is 4.23. The van der Waals surface area contributed by atoms with Crippen molar-refractivity contribution in [1.82, 2.24) is 15.3 Å². The first-order valence-corrected chi connectivity index (χ1v) is 4.55. The van der Waals surface area contributed by atoms with Crippen molar-refractivity contribution in [2.45, 2.75) is 19.4 Å². The van der Waals surface area contributed by atoms with Gasteiger partial charge in [-0.3, -0.25) is 0 Å². The maximum Gasteiger partial charge on any atom is 0.116 e. The summed E-state index contributed by atoms with van der Waals surface area (Å²) in [6.07, 6.45) is 6.64. The van der Waals surface area contributed by atoms with Crippen molar-refractivity contribution in [1.29, 1.82) is 0 Å². The van der Waals surface area contributed by atoms with Gasteiger partial charge in [0, 0.05) is 18.8 Å². The zero-order valence-corrected chi connectivity index (χ0v) is 7.70. The fraction of sp³-hybridized carbons (Fsp3) is 0.400. The van der Waals surface area contributed by atoms with E-state index in [0.29, 0.717) is 6.04 Å². The van der Waals surface area contributed by atoms with Crippen molar-refractivity contribution in [3.8, 4) is 0 Å². The average molecular weight is 175 g/mol. The summed E-state index contributed by atoms with van der Waals surface area (Å²) in [7, 11) is 0. The smallest absolute Gasteiger partial charge is 0.116 e. The summed E-state index contributed by atoms with van der Waals surface area (Å²) in [5, 5.41) is 3.36. The highest BCUT2D eigenvalue weighted by atomic mass is 14.9. The van der Waals surface area contributed by atoms with Gasteiger partial charge in [0.2, 0.25) is 0 Å². The lowest BCUT2D eigenvalue weighted by Gasteiger charge is -2.19. The molecule has 0 saturated carbocycles. The van der Waals surface area contributed by atoms with E-state index in [4.69, 9.17) is 0 Å². The third-order valence-electron chi connectivity index (χ3n) is 2.25. The van der Waals surface area contributed by atoms with Crippen LogP contribution in [0.5, 0.6) is 0 Å².